The number of rotatable bonds is 3. The molecule has 1 saturated carbocycles. The van der Waals surface area contributed by atoms with E-state index >= 15 is 0 Å². The van der Waals surface area contributed by atoms with Crippen LogP contribution < -0.4 is 0 Å². The topological polar surface area (TPSA) is 27.9 Å². The maximum atomic E-state index is 5.81. The van der Waals surface area contributed by atoms with Crippen LogP contribution in [0.5, 0.6) is 0 Å². The van der Waals surface area contributed by atoms with Gasteiger partial charge in [0.25, 0.3) is 0 Å². The second kappa shape index (κ2) is 3.58. The van der Waals surface area contributed by atoms with Crippen molar-refractivity contribution in [2.45, 2.75) is 43.9 Å². The van der Waals surface area contributed by atoms with Gasteiger partial charge in [0.2, 0.25) is 0 Å². The van der Waals surface area contributed by atoms with Crippen molar-refractivity contribution in [2.75, 3.05) is 6.54 Å². The Morgan fingerprint density at radius 1 is 1.39 bits per heavy atom. The highest BCUT2D eigenvalue weighted by molar-refractivity contribution is 5.93. The Kier molecular flexibility index (Phi) is 2.10. The first-order valence-electron chi connectivity index (χ1n) is 6.85. The summed E-state index contributed by atoms with van der Waals surface area (Å²) in [7, 11) is 0. The molecule has 0 radical (unpaired) electrons. The van der Waals surface area contributed by atoms with Crippen LogP contribution in [0.25, 0.3) is 0 Å². The van der Waals surface area contributed by atoms with Gasteiger partial charge < -0.3 is 4.74 Å². The Morgan fingerprint density at radius 2 is 2.22 bits per heavy atom. The molecule has 0 bridgehead atoms. The Morgan fingerprint density at radius 3 is 2.89 bits per heavy atom. The molecule has 3 nitrogen and oxygen atoms in total. The maximum Gasteiger partial charge on any atom is 0.134 e. The average Bonchev–Trinajstić information content (AvgIpc) is 3.29. The second-order valence-corrected chi connectivity index (χ2v) is 5.62. The van der Waals surface area contributed by atoms with Gasteiger partial charge in [0, 0.05) is 0 Å². The predicted octanol–water partition coefficient (Wildman–Crippen LogP) is 2.74. The molecule has 3 atom stereocenters. The number of epoxide rings is 1. The minimum Gasteiger partial charge on any atom is -0.360 e. The molecule has 2 heterocycles. The van der Waals surface area contributed by atoms with E-state index in [4.69, 9.17) is 9.84 Å². The Balaban J connectivity index is 1.48. The summed E-state index contributed by atoms with van der Waals surface area (Å²) in [6.07, 6.45) is 4.14. The SMILES string of the molecule is C/C(=N\N1CC1c1ccccc1)C12CCCC1O2. The van der Waals surface area contributed by atoms with Gasteiger partial charge in [0.15, 0.2) is 0 Å². The van der Waals surface area contributed by atoms with Gasteiger partial charge in [0.05, 0.1) is 24.4 Å². The normalized spacial score (nSPS) is 37.6. The van der Waals surface area contributed by atoms with Crippen LogP contribution in [-0.2, 0) is 4.74 Å². The molecule has 0 aromatic heterocycles. The third-order valence-electron chi connectivity index (χ3n) is 4.49. The zero-order valence-corrected chi connectivity index (χ0v) is 10.7. The number of hydrogen-bond donors (Lipinski definition) is 0. The molecule has 3 fully saturated rings. The minimum atomic E-state index is 0.0316. The molecule has 18 heavy (non-hydrogen) atoms. The summed E-state index contributed by atoms with van der Waals surface area (Å²) < 4.78 is 5.81. The summed E-state index contributed by atoms with van der Waals surface area (Å²) in [5.74, 6) is 0. The van der Waals surface area contributed by atoms with E-state index in [2.05, 4.69) is 42.3 Å². The number of hydrazone groups is 1. The fourth-order valence-corrected chi connectivity index (χ4v) is 3.25. The van der Waals surface area contributed by atoms with Crippen molar-refractivity contribution in [3.63, 3.8) is 0 Å². The monoisotopic (exact) mass is 242 g/mol. The summed E-state index contributed by atoms with van der Waals surface area (Å²) in [6.45, 7) is 3.17. The molecular formula is C15H18N2O. The predicted molar refractivity (Wildman–Crippen MR) is 70.5 cm³/mol. The summed E-state index contributed by atoms with van der Waals surface area (Å²) >= 11 is 0. The van der Waals surface area contributed by atoms with E-state index in [1.54, 1.807) is 0 Å². The van der Waals surface area contributed by atoms with Gasteiger partial charge in [-0.1, -0.05) is 30.3 Å². The standard InChI is InChI=1S/C15H18N2O/c1-11(15-9-5-8-14(15)18-15)16-17-10-13(17)12-6-3-2-4-7-12/h2-4,6-7,13-14H,5,8-10H2,1H3/b16-11+. The summed E-state index contributed by atoms with van der Waals surface area (Å²) in [6, 6.07) is 11.1. The molecule has 0 amide bonds. The highest BCUT2D eigenvalue weighted by Gasteiger charge is 2.61. The van der Waals surface area contributed by atoms with Crippen LogP contribution in [0.2, 0.25) is 0 Å². The van der Waals surface area contributed by atoms with Crippen molar-refractivity contribution in [3.8, 4) is 0 Å². The molecule has 2 saturated heterocycles. The van der Waals surface area contributed by atoms with Crippen molar-refractivity contribution in [2.24, 2.45) is 5.10 Å². The van der Waals surface area contributed by atoms with Crippen molar-refractivity contribution in [1.29, 1.82) is 0 Å². The van der Waals surface area contributed by atoms with Gasteiger partial charge in [-0.2, -0.15) is 5.10 Å². The van der Waals surface area contributed by atoms with Crippen LogP contribution in [0.15, 0.2) is 35.4 Å². The van der Waals surface area contributed by atoms with E-state index in [1.165, 1.54) is 24.1 Å². The summed E-state index contributed by atoms with van der Waals surface area (Å²) in [5, 5.41) is 6.94. The molecule has 1 aliphatic carbocycles. The number of benzene rings is 1. The van der Waals surface area contributed by atoms with E-state index < -0.39 is 0 Å². The van der Waals surface area contributed by atoms with Gasteiger partial charge in [-0.3, -0.25) is 5.01 Å². The fraction of sp³-hybridized carbons (Fsp3) is 0.533. The Bertz CT molecular complexity index is 498. The van der Waals surface area contributed by atoms with E-state index in [1.807, 2.05) is 0 Å². The van der Waals surface area contributed by atoms with Crippen LogP contribution in [-0.4, -0.2) is 29.0 Å². The zero-order valence-electron chi connectivity index (χ0n) is 10.7. The first-order chi connectivity index (χ1) is 8.79. The van der Waals surface area contributed by atoms with Crippen LogP contribution in [0.4, 0.5) is 0 Å². The summed E-state index contributed by atoms with van der Waals surface area (Å²) in [5.41, 5.74) is 2.58. The molecule has 3 unspecified atom stereocenters. The molecule has 0 spiro atoms. The van der Waals surface area contributed by atoms with Gasteiger partial charge in [-0.15, -0.1) is 0 Å². The number of hydrogen-bond acceptors (Lipinski definition) is 3. The Hall–Kier alpha value is -1.35. The molecule has 3 aliphatic rings. The van der Waals surface area contributed by atoms with Gasteiger partial charge in [0.1, 0.15) is 5.60 Å². The average molecular weight is 242 g/mol. The smallest absolute Gasteiger partial charge is 0.134 e. The number of ether oxygens (including phenoxy) is 1. The third kappa shape index (κ3) is 1.50. The van der Waals surface area contributed by atoms with Crippen LogP contribution in [0.1, 0.15) is 37.8 Å². The molecule has 2 aliphatic heterocycles. The van der Waals surface area contributed by atoms with Crippen LogP contribution >= 0.6 is 0 Å². The Labute approximate surface area is 107 Å². The van der Waals surface area contributed by atoms with Crippen LogP contribution in [0, 0.1) is 0 Å². The van der Waals surface area contributed by atoms with E-state index in [0.717, 1.165) is 13.0 Å². The van der Waals surface area contributed by atoms with Crippen molar-refractivity contribution in [1.82, 2.24) is 5.01 Å². The van der Waals surface area contributed by atoms with Gasteiger partial charge in [-0.25, -0.2) is 0 Å². The zero-order chi connectivity index (χ0) is 12.2. The van der Waals surface area contributed by atoms with Crippen molar-refractivity contribution in [3.05, 3.63) is 35.9 Å². The molecule has 1 aromatic carbocycles. The van der Waals surface area contributed by atoms with Crippen molar-refractivity contribution < 1.29 is 4.74 Å². The largest absolute Gasteiger partial charge is 0.360 e. The highest BCUT2D eigenvalue weighted by atomic mass is 16.6. The first kappa shape index (κ1) is 10.6. The molecule has 4 rings (SSSR count). The first-order valence-corrected chi connectivity index (χ1v) is 6.85. The lowest BCUT2D eigenvalue weighted by Crippen LogP contribution is -2.22. The lowest BCUT2D eigenvalue weighted by molar-refractivity contribution is 0.292. The highest BCUT2D eigenvalue weighted by Crippen LogP contribution is 2.51. The summed E-state index contributed by atoms with van der Waals surface area (Å²) in [4.78, 5) is 0. The van der Waals surface area contributed by atoms with E-state index in [-0.39, 0.29) is 5.60 Å². The number of nitrogens with zero attached hydrogens (tertiary/aromatic N) is 2. The second-order valence-electron chi connectivity index (χ2n) is 5.62. The molecule has 3 heteroatoms. The van der Waals surface area contributed by atoms with E-state index in [0.29, 0.717) is 12.1 Å². The quantitative estimate of drug-likeness (QED) is 0.602. The van der Waals surface area contributed by atoms with E-state index in [9.17, 15) is 0 Å². The van der Waals surface area contributed by atoms with Gasteiger partial charge in [-0.05, 0) is 31.7 Å². The van der Waals surface area contributed by atoms with Crippen molar-refractivity contribution >= 4 is 5.71 Å². The van der Waals surface area contributed by atoms with Gasteiger partial charge >= 0.3 is 0 Å². The number of fused-ring (bicyclic) bond motifs is 1. The molecular weight excluding hydrogens is 224 g/mol. The molecule has 1 aromatic rings. The lowest BCUT2D eigenvalue weighted by atomic mass is 10.0. The maximum absolute atomic E-state index is 5.81. The third-order valence-corrected chi connectivity index (χ3v) is 4.49. The minimum absolute atomic E-state index is 0.0316. The lowest BCUT2D eigenvalue weighted by Gasteiger charge is -2.08. The molecule has 94 valence electrons. The fourth-order valence-electron chi connectivity index (χ4n) is 3.25. The van der Waals surface area contributed by atoms with Crippen LogP contribution in [0.3, 0.4) is 0 Å². The molecule has 0 N–H and O–H groups in total.